The van der Waals surface area contributed by atoms with Crippen LogP contribution in [0.4, 0.5) is 0 Å². The first-order valence-corrected chi connectivity index (χ1v) is 9.29. The number of fused-ring (bicyclic) bond motifs is 1. The summed E-state index contributed by atoms with van der Waals surface area (Å²) in [6, 6.07) is 0.708. The van der Waals surface area contributed by atoms with E-state index in [1.54, 1.807) is 4.88 Å². The molecule has 1 atom stereocenters. The Morgan fingerprint density at radius 2 is 2.05 bits per heavy atom. The Morgan fingerprint density at radius 3 is 2.76 bits per heavy atom. The van der Waals surface area contributed by atoms with E-state index in [-0.39, 0.29) is 11.1 Å². The first kappa shape index (κ1) is 14.2. The lowest BCUT2D eigenvalue weighted by Gasteiger charge is -2.44. The van der Waals surface area contributed by atoms with Gasteiger partial charge in [0, 0.05) is 23.9 Å². The van der Waals surface area contributed by atoms with E-state index in [0.717, 1.165) is 19.4 Å². The molecule has 0 radical (unpaired) electrons. The summed E-state index contributed by atoms with van der Waals surface area (Å²) < 4.78 is 5.98. The van der Waals surface area contributed by atoms with Crippen molar-refractivity contribution >= 4 is 11.3 Å². The molecule has 3 aliphatic rings. The molecule has 0 spiro atoms. The van der Waals surface area contributed by atoms with Crippen LogP contribution in [0, 0.1) is 0 Å². The minimum atomic E-state index is -0.0493. The quantitative estimate of drug-likeness (QED) is 0.927. The summed E-state index contributed by atoms with van der Waals surface area (Å²) >= 11 is 1.98. The van der Waals surface area contributed by atoms with E-state index in [0.29, 0.717) is 6.04 Å². The molecular formula is C17H26N2OS. The molecule has 2 aliphatic carbocycles. The predicted molar refractivity (Wildman–Crippen MR) is 85.9 cm³/mol. The van der Waals surface area contributed by atoms with Gasteiger partial charge >= 0.3 is 0 Å². The van der Waals surface area contributed by atoms with E-state index in [2.05, 4.69) is 19.2 Å². The van der Waals surface area contributed by atoms with Crippen LogP contribution in [0.3, 0.4) is 0 Å². The van der Waals surface area contributed by atoms with Crippen molar-refractivity contribution in [3.05, 3.63) is 15.6 Å². The van der Waals surface area contributed by atoms with Crippen LogP contribution in [0.25, 0.3) is 0 Å². The highest BCUT2D eigenvalue weighted by molar-refractivity contribution is 7.11. The highest BCUT2D eigenvalue weighted by Crippen LogP contribution is 2.44. The summed E-state index contributed by atoms with van der Waals surface area (Å²) in [5.41, 5.74) is 1.40. The van der Waals surface area contributed by atoms with Crippen molar-refractivity contribution in [3.63, 3.8) is 0 Å². The van der Waals surface area contributed by atoms with E-state index >= 15 is 0 Å². The van der Waals surface area contributed by atoms with Gasteiger partial charge in [-0.3, -0.25) is 0 Å². The van der Waals surface area contributed by atoms with Crippen molar-refractivity contribution in [1.82, 2.24) is 10.3 Å². The molecule has 1 unspecified atom stereocenters. The fourth-order valence-corrected chi connectivity index (χ4v) is 5.24. The Morgan fingerprint density at radius 1 is 1.24 bits per heavy atom. The maximum absolute atomic E-state index is 5.98. The summed E-state index contributed by atoms with van der Waals surface area (Å²) in [6.07, 6.45) is 9.85. The molecule has 1 N–H and O–H groups in total. The summed E-state index contributed by atoms with van der Waals surface area (Å²) in [4.78, 5) is 6.65. The van der Waals surface area contributed by atoms with Crippen molar-refractivity contribution in [1.29, 1.82) is 0 Å². The van der Waals surface area contributed by atoms with Crippen molar-refractivity contribution in [2.75, 3.05) is 6.61 Å². The van der Waals surface area contributed by atoms with Crippen LogP contribution in [-0.2, 0) is 23.1 Å². The highest BCUT2D eigenvalue weighted by atomic mass is 32.1. The Labute approximate surface area is 131 Å². The molecule has 1 saturated carbocycles. The van der Waals surface area contributed by atoms with Gasteiger partial charge in [-0.05, 0) is 58.8 Å². The van der Waals surface area contributed by atoms with E-state index < -0.39 is 0 Å². The van der Waals surface area contributed by atoms with Gasteiger partial charge in [-0.25, -0.2) is 4.98 Å². The van der Waals surface area contributed by atoms with Gasteiger partial charge in [0.05, 0.1) is 16.8 Å². The topological polar surface area (TPSA) is 34.2 Å². The van der Waals surface area contributed by atoms with Crippen LogP contribution >= 0.6 is 11.3 Å². The van der Waals surface area contributed by atoms with Gasteiger partial charge in [-0.1, -0.05) is 0 Å². The SMILES string of the molecule is CC1(C)CC(NC2CC2)(c2nc3c(s2)CCCC3)CCO1. The van der Waals surface area contributed by atoms with Gasteiger partial charge in [-0.15, -0.1) is 11.3 Å². The smallest absolute Gasteiger partial charge is 0.113 e. The summed E-state index contributed by atoms with van der Waals surface area (Å²) in [5, 5.41) is 5.30. The van der Waals surface area contributed by atoms with Crippen LogP contribution in [0.1, 0.15) is 68.0 Å². The molecule has 1 aliphatic heterocycles. The van der Waals surface area contributed by atoms with Crippen LogP contribution < -0.4 is 5.32 Å². The lowest BCUT2D eigenvalue weighted by molar-refractivity contribution is -0.0903. The normalized spacial score (nSPS) is 31.9. The summed E-state index contributed by atoms with van der Waals surface area (Å²) in [7, 11) is 0. The molecule has 116 valence electrons. The molecule has 1 aromatic rings. The minimum absolute atomic E-state index is 0.0493. The summed E-state index contributed by atoms with van der Waals surface area (Å²) in [5.74, 6) is 0. The van der Waals surface area contributed by atoms with E-state index in [1.807, 2.05) is 11.3 Å². The molecule has 2 heterocycles. The molecule has 0 amide bonds. The number of rotatable bonds is 3. The first-order chi connectivity index (χ1) is 10.1. The largest absolute Gasteiger partial charge is 0.375 e. The monoisotopic (exact) mass is 306 g/mol. The van der Waals surface area contributed by atoms with Crippen LogP contribution in [0.15, 0.2) is 0 Å². The Kier molecular flexibility index (Phi) is 3.40. The first-order valence-electron chi connectivity index (χ1n) is 8.47. The number of hydrogen-bond donors (Lipinski definition) is 1. The van der Waals surface area contributed by atoms with Crippen molar-refractivity contribution in [3.8, 4) is 0 Å². The number of hydrogen-bond acceptors (Lipinski definition) is 4. The Hall–Kier alpha value is -0.450. The number of nitrogens with zero attached hydrogens (tertiary/aromatic N) is 1. The van der Waals surface area contributed by atoms with E-state index in [1.165, 1.54) is 49.2 Å². The predicted octanol–water partition coefficient (Wildman–Crippen LogP) is 3.56. The fraction of sp³-hybridized carbons (Fsp3) is 0.824. The second-order valence-electron chi connectivity index (χ2n) is 7.63. The number of aryl methyl sites for hydroxylation is 2. The molecular weight excluding hydrogens is 280 g/mol. The molecule has 21 heavy (non-hydrogen) atoms. The van der Waals surface area contributed by atoms with Crippen LogP contribution in [0.2, 0.25) is 0 Å². The molecule has 2 fully saturated rings. The lowest BCUT2D eigenvalue weighted by Crippen LogP contribution is -2.53. The van der Waals surface area contributed by atoms with Gasteiger partial charge in [0.25, 0.3) is 0 Å². The standard InChI is InChI=1S/C17H26N2OS/c1-16(2)11-17(9-10-20-16,19-12-7-8-12)15-18-13-5-3-4-6-14(13)21-15/h12,19H,3-11H2,1-2H3. The van der Waals surface area contributed by atoms with Crippen molar-refractivity contribution in [2.24, 2.45) is 0 Å². The number of nitrogens with one attached hydrogen (secondary N) is 1. The molecule has 3 nitrogen and oxygen atoms in total. The zero-order chi connectivity index (χ0) is 14.5. The third kappa shape index (κ3) is 2.78. The average molecular weight is 306 g/mol. The molecule has 0 bridgehead atoms. The fourth-order valence-electron chi connectivity index (χ4n) is 3.91. The number of aromatic nitrogens is 1. The lowest BCUT2D eigenvalue weighted by atomic mass is 9.81. The van der Waals surface area contributed by atoms with Crippen LogP contribution in [0.5, 0.6) is 0 Å². The second-order valence-corrected chi connectivity index (χ2v) is 8.72. The average Bonchev–Trinajstić information content (AvgIpc) is 3.12. The van der Waals surface area contributed by atoms with Crippen molar-refractivity contribution < 1.29 is 4.74 Å². The van der Waals surface area contributed by atoms with E-state index in [9.17, 15) is 0 Å². The van der Waals surface area contributed by atoms with Gasteiger partial charge in [-0.2, -0.15) is 0 Å². The third-order valence-corrected chi connectivity index (χ3v) is 6.42. The van der Waals surface area contributed by atoms with E-state index in [4.69, 9.17) is 9.72 Å². The molecule has 4 heteroatoms. The Bertz CT molecular complexity index is 511. The number of thiazole rings is 1. The highest BCUT2D eigenvalue weighted by Gasteiger charge is 2.47. The number of ether oxygens (including phenoxy) is 1. The van der Waals surface area contributed by atoms with Crippen molar-refractivity contribution in [2.45, 2.75) is 82.4 Å². The van der Waals surface area contributed by atoms with Gasteiger partial charge in [0.2, 0.25) is 0 Å². The molecule has 0 aromatic carbocycles. The summed E-state index contributed by atoms with van der Waals surface area (Å²) in [6.45, 7) is 5.29. The van der Waals surface area contributed by atoms with Gasteiger partial charge in [0.1, 0.15) is 5.01 Å². The van der Waals surface area contributed by atoms with Gasteiger partial charge in [0.15, 0.2) is 0 Å². The molecule has 1 saturated heterocycles. The molecule has 4 rings (SSSR count). The van der Waals surface area contributed by atoms with Gasteiger partial charge < -0.3 is 10.1 Å². The Balaban J connectivity index is 1.69. The zero-order valence-corrected chi connectivity index (χ0v) is 14.0. The van der Waals surface area contributed by atoms with Crippen LogP contribution in [-0.4, -0.2) is 23.2 Å². The maximum Gasteiger partial charge on any atom is 0.113 e. The minimum Gasteiger partial charge on any atom is -0.375 e. The second kappa shape index (κ2) is 5.04. The third-order valence-electron chi connectivity index (χ3n) is 5.06. The zero-order valence-electron chi connectivity index (χ0n) is 13.2. The molecule has 1 aromatic heterocycles. The maximum atomic E-state index is 5.98.